The minimum atomic E-state index is 0.00378. The van der Waals surface area contributed by atoms with Gasteiger partial charge in [-0.25, -0.2) is 0 Å². The van der Waals surface area contributed by atoms with E-state index in [1.54, 1.807) is 31.2 Å². The Morgan fingerprint density at radius 3 is 2.94 bits per heavy atom. The lowest BCUT2D eigenvalue weighted by atomic mass is 10.1. The molecular formula is C12H12N2O3. The van der Waals surface area contributed by atoms with E-state index in [-0.39, 0.29) is 12.4 Å². The predicted octanol–water partition coefficient (Wildman–Crippen LogP) is 2.16. The van der Waals surface area contributed by atoms with Crippen molar-refractivity contribution < 1.29 is 14.1 Å². The number of carbonyl (C=O) groups is 1. The quantitative estimate of drug-likeness (QED) is 0.756. The molecule has 0 bridgehead atoms. The van der Waals surface area contributed by atoms with Crippen molar-refractivity contribution in [2.24, 2.45) is 0 Å². The molecule has 1 aromatic carbocycles. The van der Waals surface area contributed by atoms with E-state index in [4.69, 9.17) is 9.26 Å². The fourth-order valence-electron chi connectivity index (χ4n) is 1.35. The van der Waals surface area contributed by atoms with Gasteiger partial charge in [-0.1, -0.05) is 17.3 Å². The molecule has 0 radical (unpaired) electrons. The first-order valence-electron chi connectivity index (χ1n) is 5.18. The number of benzene rings is 1. The van der Waals surface area contributed by atoms with Crippen LogP contribution in [0.1, 0.15) is 29.0 Å². The normalized spacial score (nSPS) is 10.2. The van der Waals surface area contributed by atoms with Gasteiger partial charge in [-0.2, -0.15) is 4.98 Å². The summed E-state index contributed by atoms with van der Waals surface area (Å²) in [6.45, 7) is 3.45. The summed E-state index contributed by atoms with van der Waals surface area (Å²) in [6, 6.07) is 6.97. The Balaban J connectivity index is 2.04. The number of Topliss-reactive ketones (excluding diaryl/α,β-unsaturated/α-hetero) is 1. The summed E-state index contributed by atoms with van der Waals surface area (Å²) in [5.41, 5.74) is 0.615. The largest absolute Gasteiger partial charge is 0.484 e. The van der Waals surface area contributed by atoms with Gasteiger partial charge >= 0.3 is 0 Å². The molecule has 1 aromatic heterocycles. The van der Waals surface area contributed by atoms with Crippen LogP contribution in [-0.4, -0.2) is 15.9 Å². The van der Waals surface area contributed by atoms with Crippen molar-refractivity contribution in [3.8, 4) is 5.75 Å². The molecular weight excluding hydrogens is 220 g/mol. The van der Waals surface area contributed by atoms with Crippen LogP contribution in [0.25, 0.3) is 0 Å². The first-order valence-corrected chi connectivity index (χ1v) is 5.18. The highest BCUT2D eigenvalue weighted by Crippen LogP contribution is 2.15. The smallest absolute Gasteiger partial charge is 0.264 e. The van der Waals surface area contributed by atoms with Crippen LogP contribution in [0.3, 0.4) is 0 Å². The van der Waals surface area contributed by atoms with E-state index in [9.17, 15) is 4.79 Å². The lowest BCUT2D eigenvalue weighted by Gasteiger charge is -2.04. The van der Waals surface area contributed by atoms with Gasteiger partial charge in [0, 0.05) is 5.56 Å². The van der Waals surface area contributed by atoms with E-state index in [0.717, 1.165) is 0 Å². The summed E-state index contributed by atoms with van der Waals surface area (Å²) in [6.07, 6.45) is 0. The monoisotopic (exact) mass is 232 g/mol. The summed E-state index contributed by atoms with van der Waals surface area (Å²) in [5.74, 6) is 1.59. The van der Waals surface area contributed by atoms with Gasteiger partial charge in [0.25, 0.3) is 5.89 Å². The zero-order chi connectivity index (χ0) is 12.3. The van der Waals surface area contributed by atoms with E-state index in [1.807, 2.05) is 0 Å². The maximum Gasteiger partial charge on any atom is 0.264 e. The number of ketones is 1. The molecule has 0 saturated heterocycles. The summed E-state index contributed by atoms with van der Waals surface area (Å²) >= 11 is 0. The van der Waals surface area contributed by atoms with Crippen molar-refractivity contribution in [1.82, 2.24) is 10.1 Å². The van der Waals surface area contributed by atoms with Crippen molar-refractivity contribution in [1.29, 1.82) is 0 Å². The van der Waals surface area contributed by atoms with Gasteiger partial charge in [0.1, 0.15) is 5.75 Å². The average Bonchev–Trinajstić information content (AvgIpc) is 2.73. The van der Waals surface area contributed by atoms with Gasteiger partial charge in [-0.3, -0.25) is 4.79 Å². The Hall–Kier alpha value is -2.17. The van der Waals surface area contributed by atoms with Crippen LogP contribution in [-0.2, 0) is 6.61 Å². The Labute approximate surface area is 98.4 Å². The van der Waals surface area contributed by atoms with E-state index < -0.39 is 0 Å². The Bertz CT molecular complexity index is 534. The molecule has 0 saturated carbocycles. The van der Waals surface area contributed by atoms with Gasteiger partial charge < -0.3 is 9.26 Å². The number of ether oxygens (including phenoxy) is 1. The number of aromatic nitrogens is 2. The van der Waals surface area contributed by atoms with Crippen molar-refractivity contribution in [2.45, 2.75) is 20.5 Å². The Morgan fingerprint density at radius 2 is 2.29 bits per heavy atom. The maximum atomic E-state index is 11.2. The van der Waals surface area contributed by atoms with Crippen LogP contribution < -0.4 is 4.74 Å². The molecule has 0 spiro atoms. The molecule has 0 aliphatic carbocycles. The van der Waals surface area contributed by atoms with Gasteiger partial charge in [-0.05, 0) is 26.0 Å². The molecule has 0 fully saturated rings. The maximum absolute atomic E-state index is 11.2. The van der Waals surface area contributed by atoms with Gasteiger partial charge in [0.15, 0.2) is 18.2 Å². The first kappa shape index (κ1) is 11.3. The highest BCUT2D eigenvalue weighted by atomic mass is 16.5. The minimum Gasteiger partial charge on any atom is -0.484 e. The number of carbonyl (C=O) groups excluding carboxylic acids is 1. The third-order valence-corrected chi connectivity index (χ3v) is 2.17. The molecule has 0 N–H and O–H groups in total. The van der Waals surface area contributed by atoms with Crippen LogP contribution in [0.2, 0.25) is 0 Å². The number of nitrogens with zero attached hydrogens (tertiary/aromatic N) is 2. The number of aryl methyl sites for hydroxylation is 1. The molecule has 0 atom stereocenters. The molecule has 0 aliphatic rings. The average molecular weight is 232 g/mol. The highest BCUT2D eigenvalue weighted by molar-refractivity contribution is 5.94. The lowest BCUT2D eigenvalue weighted by molar-refractivity contribution is 0.101. The van der Waals surface area contributed by atoms with Crippen molar-refractivity contribution in [3.63, 3.8) is 0 Å². The molecule has 17 heavy (non-hydrogen) atoms. The second-order valence-corrected chi connectivity index (χ2v) is 3.61. The number of rotatable bonds is 4. The van der Waals surface area contributed by atoms with Gasteiger partial charge in [-0.15, -0.1) is 0 Å². The second kappa shape index (κ2) is 4.78. The zero-order valence-corrected chi connectivity index (χ0v) is 9.64. The molecule has 2 aromatic rings. The summed E-state index contributed by atoms with van der Waals surface area (Å²) in [5, 5.41) is 3.65. The van der Waals surface area contributed by atoms with Crippen LogP contribution >= 0.6 is 0 Å². The fourth-order valence-corrected chi connectivity index (χ4v) is 1.35. The molecule has 0 aliphatic heterocycles. The molecule has 0 amide bonds. The van der Waals surface area contributed by atoms with Crippen molar-refractivity contribution >= 4 is 5.78 Å². The topological polar surface area (TPSA) is 65.2 Å². The number of hydrogen-bond acceptors (Lipinski definition) is 5. The van der Waals surface area contributed by atoms with E-state index >= 15 is 0 Å². The Morgan fingerprint density at radius 1 is 1.47 bits per heavy atom. The van der Waals surface area contributed by atoms with Gasteiger partial charge in [0.2, 0.25) is 0 Å². The van der Waals surface area contributed by atoms with Crippen LogP contribution in [0.15, 0.2) is 28.8 Å². The fraction of sp³-hybridized carbons (Fsp3) is 0.250. The van der Waals surface area contributed by atoms with Gasteiger partial charge in [0.05, 0.1) is 0 Å². The summed E-state index contributed by atoms with van der Waals surface area (Å²) in [4.78, 5) is 15.2. The predicted molar refractivity (Wildman–Crippen MR) is 59.8 cm³/mol. The minimum absolute atomic E-state index is 0.00378. The second-order valence-electron chi connectivity index (χ2n) is 3.61. The Kier molecular flexibility index (Phi) is 3.18. The van der Waals surface area contributed by atoms with E-state index in [0.29, 0.717) is 23.0 Å². The molecule has 2 rings (SSSR count). The third-order valence-electron chi connectivity index (χ3n) is 2.17. The number of hydrogen-bond donors (Lipinski definition) is 0. The molecule has 1 heterocycles. The highest BCUT2D eigenvalue weighted by Gasteiger charge is 2.05. The summed E-state index contributed by atoms with van der Waals surface area (Å²) < 4.78 is 10.4. The van der Waals surface area contributed by atoms with Crippen molar-refractivity contribution in [2.75, 3.05) is 0 Å². The molecule has 5 heteroatoms. The lowest BCUT2D eigenvalue weighted by Crippen LogP contribution is -1.98. The molecule has 88 valence electrons. The molecule has 5 nitrogen and oxygen atoms in total. The zero-order valence-electron chi connectivity index (χ0n) is 9.64. The first-order chi connectivity index (χ1) is 8.15. The van der Waals surface area contributed by atoms with Crippen LogP contribution in [0, 0.1) is 6.92 Å². The SMILES string of the molecule is CC(=O)c1cccc(OCc2nc(C)no2)c1. The third kappa shape index (κ3) is 2.90. The van der Waals surface area contributed by atoms with E-state index in [1.165, 1.54) is 6.92 Å². The van der Waals surface area contributed by atoms with Crippen LogP contribution in [0.4, 0.5) is 0 Å². The van der Waals surface area contributed by atoms with E-state index in [2.05, 4.69) is 10.1 Å². The molecule has 0 unspecified atom stereocenters. The standard InChI is InChI=1S/C12H12N2O3/c1-8(15)10-4-3-5-11(6-10)16-7-12-13-9(2)14-17-12/h3-6H,7H2,1-2H3. The summed E-state index contributed by atoms with van der Waals surface area (Å²) in [7, 11) is 0. The van der Waals surface area contributed by atoms with Crippen molar-refractivity contribution in [3.05, 3.63) is 41.5 Å². The van der Waals surface area contributed by atoms with Crippen LogP contribution in [0.5, 0.6) is 5.75 Å².